The summed E-state index contributed by atoms with van der Waals surface area (Å²) in [5.41, 5.74) is 5.61. The largest absolute Gasteiger partial charge is 0.328 e. The molecule has 0 radical (unpaired) electrons. The standard InChI is InChI=1S/C6H10N4/c7-5-1-6(2-5)10-4-8-3-9-10/h3-6H,1-2,7H2. The molecule has 0 amide bonds. The zero-order valence-corrected chi connectivity index (χ0v) is 5.64. The van der Waals surface area contributed by atoms with Crippen LogP contribution >= 0.6 is 0 Å². The molecule has 1 aromatic rings. The van der Waals surface area contributed by atoms with Crippen molar-refractivity contribution < 1.29 is 0 Å². The van der Waals surface area contributed by atoms with Gasteiger partial charge in [0.15, 0.2) is 0 Å². The van der Waals surface area contributed by atoms with Crippen LogP contribution in [0.2, 0.25) is 0 Å². The van der Waals surface area contributed by atoms with Crippen LogP contribution in [0.1, 0.15) is 18.9 Å². The van der Waals surface area contributed by atoms with Gasteiger partial charge in [0.05, 0.1) is 6.04 Å². The van der Waals surface area contributed by atoms with Crippen LogP contribution in [0.5, 0.6) is 0 Å². The van der Waals surface area contributed by atoms with Crippen molar-refractivity contribution in [2.24, 2.45) is 5.73 Å². The van der Waals surface area contributed by atoms with Gasteiger partial charge in [-0.1, -0.05) is 0 Å². The molecule has 4 nitrogen and oxygen atoms in total. The minimum absolute atomic E-state index is 0.384. The van der Waals surface area contributed by atoms with E-state index in [4.69, 9.17) is 5.73 Å². The third-order valence-corrected chi connectivity index (χ3v) is 1.96. The van der Waals surface area contributed by atoms with Gasteiger partial charge in [-0.3, -0.25) is 0 Å². The van der Waals surface area contributed by atoms with E-state index in [-0.39, 0.29) is 0 Å². The van der Waals surface area contributed by atoms with Crippen molar-refractivity contribution in [1.29, 1.82) is 0 Å². The van der Waals surface area contributed by atoms with Crippen molar-refractivity contribution >= 4 is 0 Å². The van der Waals surface area contributed by atoms with Crippen molar-refractivity contribution in [2.75, 3.05) is 0 Å². The second-order valence-corrected chi connectivity index (χ2v) is 2.76. The van der Waals surface area contributed by atoms with Gasteiger partial charge in [-0.25, -0.2) is 9.67 Å². The zero-order valence-electron chi connectivity index (χ0n) is 5.64. The van der Waals surface area contributed by atoms with Gasteiger partial charge in [-0.2, -0.15) is 5.10 Å². The fourth-order valence-corrected chi connectivity index (χ4v) is 1.25. The van der Waals surface area contributed by atoms with Crippen molar-refractivity contribution in [1.82, 2.24) is 14.8 Å². The molecule has 0 unspecified atom stereocenters. The van der Waals surface area contributed by atoms with Crippen LogP contribution in [0.25, 0.3) is 0 Å². The summed E-state index contributed by atoms with van der Waals surface area (Å²) >= 11 is 0. The minimum Gasteiger partial charge on any atom is -0.328 e. The molecule has 54 valence electrons. The van der Waals surface area contributed by atoms with E-state index in [0.717, 1.165) is 12.8 Å². The molecule has 1 aliphatic carbocycles. The summed E-state index contributed by atoms with van der Waals surface area (Å²) in [6.45, 7) is 0. The Bertz CT molecular complexity index is 200. The summed E-state index contributed by atoms with van der Waals surface area (Å²) < 4.78 is 1.88. The third-order valence-electron chi connectivity index (χ3n) is 1.96. The van der Waals surface area contributed by atoms with Gasteiger partial charge in [0.25, 0.3) is 0 Å². The molecule has 1 heterocycles. The lowest BCUT2D eigenvalue weighted by atomic mass is 9.88. The smallest absolute Gasteiger partial charge is 0.137 e. The fourth-order valence-electron chi connectivity index (χ4n) is 1.25. The summed E-state index contributed by atoms with van der Waals surface area (Å²) in [7, 11) is 0. The topological polar surface area (TPSA) is 56.7 Å². The van der Waals surface area contributed by atoms with E-state index in [1.807, 2.05) is 4.68 Å². The number of aromatic nitrogens is 3. The highest BCUT2D eigenvalue weighted by molar-refractivity contribution is 4.86. The summed E-state index contributed by atoms with van der Waals surface area (Å²) in [6.07, 6.45) is 5.40. The van der Waals surface area contributed by atoms with Gasteiger partial charge in [-0.15, -0.1) is 0 Å². The molecule has 1 saturated carbocycles. The predicted octanol–water partition coefficient (Wildman–Crippen LogP) is -0.0597. The van der Waals surface area contributed by atoms with E-state index in [2.05, 4.69) is 10.1 Å². The van der Waals surface area contributed by atoms with Crippen molar-refractivity contribution in [3.63, 3.8) is 0 Å². The van der Waals surface area contributed by atoms with Gasteiger partial charge in [-0.05, 0) is 12.8 Å². The van der Waals surface area contributed by atoms with Crippen molar-refractivity contribution in [2.45, 2.75) is 24.9 Å². The lowest BCUT2D eigenvalue weighted by Gasteiger charge is -2.31. The molecule has 1 aromatic heterocycles. The first-order valence-electron chi connectivity index (χ1n) is 3.46. The highest BCUT2D eigenvalue weighted by Gasteiger charge is 2.27. The van der Waals surface area contributed by atoms with E-state index in [1.54, 1.807) is 12.7 Å². The Kier molecular flexibility index (Phi) is 1.20. The Morgan fingerprint density at radius 3 is 2.80 bits per heavy atom. The Morgan fingerprint density at radius 1 is 1.50 bits per heavy atom. The van der Waals surface area contributed by atoms with Crippen LogP contribution in [0, 0.1) is 0 Å². The summed E-state index contributed by atoms with van der Waals surface area (Å²) in [5.74, 6) is 0. The second-order valence-electron chi connectivity index (χ2n) is 2.76. The van der Waals surface area contributed by atoms with Gasteiger partial charge in [0, 0.05) is 6.04 Å². The molecule has 0 spiro atoms. The van der Waals surface area contributed by atoms with E-state index < -0.39 is 0 Å². The number of nitrogens with zero attached hydrogens (tertiary/aromatic N) is 3. The average molecular weight is 138 g/mol. The van der Waals surface area contributed by atoms with Gasteiger partial charge < -0.3 is 5.73 Å². The van der Waals surface area contributed by atoms with E-state index in [1.165, 1.54) is 0 Å². The first kappa shape index (κ1) is 5.85. The second kappa shape index (κ2) is 2.05. The van der Waals surface area contributed by atoms with Crippen LogP contribution in [0.3, 0.4) is 0 Å². The molecule has 0 atom stereocenters. The maximum atomic E-state index is 5.61. The monoisotopic (exact) mass is 138 g/mol. The molecule has 0 saturated heterocycles. The number of hydrogen-bond acceptors (Lipinski definition) is 3. The van der Waals surface area contributed by atoms with Crippen molar-refractivity contribution in [3.8, 4) is 0 Å². The Balaban J connectivity index is 2.04. The average Bonchev–Trinajstić information content (AvgIpc) is 2.31. The molecule has 4 heteroatoms. The molecule has 1 fully saturated rings. The SMILES string of the molecule is NC1CC(n2cncn2)C1. The molecular weight excluding hydrogens is 128 g/mol. The van der Waals surface area contributed by atoms with Crippen LogP contribution in [-0.4, -0.2) is 20.8 Å². The summed E-state index contributed by atoms with van der Waals surface area (Å²) in [4.78, 5) is 3.86. The first-order valence-corrected chi connectivity index (χ1v) is 3.46. The summed E-state index contributed by atoms with van der Waals surface area (Å²) in [6, 6.07) is 0.895. The molecular formula is C6H10N4. The maximum Gasteiger partial charge on any atom is 0.137 e. The van der Waals surface area contributed by atoms with Gasteiger partial charge in [0.2, 0.25) is 0 Å². The van der Waals surface area contributed by atoms with Crippen LogP contribution < -0.4 is 5.73 Å². The highest BCUT2D eigenvalue weighted by atomic mass is 15.3. The minimum atomic E-state index is 0.384. The Morgan fingerprint density at radius 2 is 2.30 bits per heavy atom. The normalized spacial score (nSPS) is 31.7. The van der Waals surface area contributed by atoms with Crippen LogP contribution in [0.15, 0.2) is 12.7 Å². The van der Waals surface area contributed by atoms with E-state index in [9.17, 15) is 0 Å². The lowest BCUT2D eigenvalue weighted by Crippen LogP contribution is -2.37. The Labute approximate surface area is 59.1 Å². The first-order chi connectivity index (χ1) is 4.86. The number of rotatable bonds is 1. The molecule has 0 aliphatic heterocycles. The van der Waals surface area contributed by atoms with Gasteiger partial charge >= 0.3 is 0 Å². The predicted molar refractivity (Wildman–Crippen MR) is 36.3 cm³/mol. The van der Waals surface area contributed by atoms with Crippen molar-refractivity contribution in [3.05, 3.63) is 12.7 Å². The van der Waals surface area contributed by atoms with Gasteiger partial charge in [0.1, 0.15) is 12.7 Å². The molecule has 1 aliphatic rings. The molecule has 10 heavy (non-hydrogen) atoms. The van der Waals surface area contributed by atoms with Crippen LogP contribution in [0.4, 0.5) is 0 Å². The van der Waals surface area contributed by atoms with Crippen LogP contribution in [-0.2, 0) is 0 Å². The molecule has 2 rings (SSSR count). The third kappa shape index (κ3) is 0.806. The molecule has 2 N–H and O–H groups in total. The zero-order chi connectivity index (χ0) is 6.97. The highest BCUT2D eigenvalue weighted by Crippen LogP contribution is 2.29. The number of hydrogen-bond donors (Lipinski definition) is 1. The fraction of sp³-hybridized carbons (Fsp3) is 0.667. The van der Waals surface area contributed by atoms with E-state index in [0.29, 0.717) is 12.1 Å². The molecule has 0 bridgehead atoms. The maximum absolute atomic E-state index is 5.61. The quantitative estimate of drug-likeness (QED) is 0.591. The Hall–Kier alpha value is -0.900. The van der Waals surface area contributed by atoms with E-state index >= 15 is 0 Å². The molecule has 0 aromatic carbocycles. The summed E-state index contributed by atoms with van der Waals surface area (Å²) in [5, 5.41) is 4.02. The number of nitrogens with two attached hydrogens (primary N) is 1. The lowest BCUT2D eigenvalue weighted by molar-refractivity contribution is 0.247.